The van der Waals surface area contributed by atoms with E-state index in [0.717, 1.165) is 16.7 Å². The third-order valence-corrected chi connectivity index (χ3v) is 3.33. The maximum Gasteiger partial charge on any atom is 0.269 e. The van der Waals surface area contributed by atoms with Crippen molar-refractivity contribution in [3.05, 3.63) is 81.2 Å². The summed E-state index contributed by atoms with van der Waals surface area (Å²) in [7, 11) is -1.11. The third kappa shape index (κ3) is 3.39. The van der Waals surface area contributed by atoms with Gasteiger partial charge >= 0.3 is 0 Å². The average Bonchev–Trinajstić information content (AvgIpc) is 2.45. The molecule has 0 saturated carbocycles. The van der Waals surface area contributed by atoms with Gasteiger partial charge < -0.3 is 0 Å². The number of non-ortho nitro benzene ring substituents is 1. The largest absolute Gasteiger partial charge is 0.269 e. The Kier molecular flexibility index (Phi) is 4.42. The second-order valence-corrected chi connectivity index (χ2v) is 5.43. The molecule has 0 aliphatic heterocycles. The number of hydrogen-bond acceptors (Lipinski definition) is 3. The average molecular weight is 287 g/mol. The highest BCUT2D eigenvalue weighted by Crippen LogP contribution is 2.25. The third-order valence-electron chi connectivity index (χ3n) is 2.76. The summed E-state index contributed by atoms with van der Waals surface area (Å²) in [6.45, 7) is 0. The van der Waals surface area contributed by atoms with Crippen LogP contribution in [0.1, 0.15) is 11.1 Å². The Balaban J connectivity index is 2.48. The zero-order valence-electron chi connectivity index (χ0n) is 10.9. The van der Waals surface area contributed by atoms with Crippen LogP contribution < -0.4 is 0 Å². The molecule has 0 radical (unpaired) electrons. The zero-order chi connectivity index (χ0) is 14.5. The first-order chi connectivity index (χ1) is 9.58. The van der Waals surface area contributed by atoms with E-state index in [0.29, 0.717) is 0 Å². The first kappa shape index (κ1) is 14.1. The minimum atomic E-state index is -1.11. The molecular weight excluding hydrogens is 274 g/mol. The van der Waals surface area contributed by atoms with Gasteiger partial charge in [0.05, 0.1) is 4.92 Å². The lowest BCUT2D eigenvalue weighted by Gasteiger charge is -2.07. The number of rotatable bonds is 4. The molecule has 0 fully saturated rings. The molecule has 1 unspecified atom stereocenters. The van der Waals surface area contributed by atoms with Crippen LogP contribution in [0.4, 0.5) is 5.69 Å². The molecule has 20 heavy (non-hydrogen) atoms. The predicted molar refractivity (Wildman–Crippen MR) is 80.7 cm³/mol. The van der Waals surface area contributed by atoms with Gasteiger partial charge in [-0.05, 0) is 28.8 Å². The van der Waals surface area contributed by atoms with E-state index < -0.39 is 15.7 Å². The van der Waals surface area contributed by atoms with Gasteiger partial charge in [0.15, 0.2) is 0 Å². The maximum atomic E-state index is 11.5. The van der Waals surface area contributed by atoms with Gasteiger partial charge in [0, 0.05) is 34.6 Å². The molecule has 0 aliphatic carbocycles. The molecule has 2 rings (SSSR count). The van der Waals surface area contributed by atoms with Gasteiger partial charge in [-0.3, -0.25) is 14.3 Å². The molecule has 1 atom stereocenters. The maximum absolute atomic E-state index is 11.5. The number of hydrogen-bond donors (Lipinski definition) is 0. The Morgan fingerprint density at radius 3 is 2.10 bits per heavy atom. The Morgan fingerprint density at radius 2 is 1.60 bits per heavy atom. The molecule has 0 saturated heterocycles. The fourth-order valence-electron chi connectivity index (χ4n) is 1.85. The lowest BCUT2D eigenvalue weighted by molar-refractivity contribution is -0.384. The smallest absolute Gasteiger partial charge is 0.258 e. The highest BCUT2D eigenvalue weighted by atomic mass is 32.2. The summed E-state index contributed by atoms with van der Waals surface area (Å²) < 4.78 is 11.5. The van der Waals surface area contributed by atoms with E-state index in [2.05, 4.69) is 0 Å². The summed E-state index contributed by atoms with van der Waals surface area (Å²) in [6, 6.07) is 15.8. The minimum absolute atomic E-state index is 0.0405. The summed E-state index contributed by atoms with van der Waals surface area (Å²) in [4.78, 5) is 10.2. The van der Waals surface area contributed by atoms with Gasteiger partial charge in [0.25, 0.3) is 5.69 Å². The van der Waals surface area contributed by atoms with Crippen LogP contribution in [-0.2, 0) is 10.8 Å². The highest BCUT2D eigenvalue weighted by molar-refractivity contribution is 7.87. The van der Waals surface area contributed by atoms with E-state index in [1.165, 1.54) is 12.1 Å². The summed E-state index contributed by atoms with van der Waals surface area (Å²) in [6.07, 6.45) is 1.59. The van der Waals surface area contributed by atoms with Gasteiger partial charge in [-0.1, -0.05) is 30.3 Å². The van der Waals surface area contributed by atoms with E-state index in [4.69, 9.17) is 0 Å². The van der Waals surface area contributed by atoms with Crippen molar-refractivity contribution in [2.75, 3.05) is 6.26 Å². The van der Waals surface area contributed by atoms with Gasteiger partial charge in [0.1, 0.15) is 0 Å². The molecule has 102 valence electrons. The Hall–Kier alpha value is -2.27. The normalized spacial score (nSPS) is 12.9. The minimum Gasteiger partial charge on any atom is -0.258 e. The van der Waals surface area contributed by atoms with Crippen LogP contribution in [0.15, 0.2) is 60.0 Å². The lowest BCUT2D eigenvalue weighted by atomic mass is 9.99. The lowest BCUT2D eigenvalue weighted by Crippen LogP contribution is -1.92. The molecule has 2 aromatic rings. The highest BCUT2D eigenvalue weighted by Gasteiger charge is 2.09. The van der Waals surface area contributed by atoms with E-state index in [-0.39, 0.29) is 5.69 Å². The van der Waals surface area contributed by atoms with E-state index >= 15 is 0 Å². The molecule has 2 aromatic carbocycles. The van der Waals surface area contributed by atoms with E-state index in [1.54, 1.807) is 23.8 Å². The van der Waals surface area contributed by atoms with Crippen molar-refractivity contribution in [3.63, 3.8) is 0 Å². The fraction of sp³-hybridized carbons (Fsp3) is 0.0667. The van der Waals surface area contributed by atoms with Crippen molar-refractivity contribution < 1.29 is 9.13 Å². The van der Waals surface area contributed by atoms with Crippen LogP contribution in [0.3, 0.4) is 0 Å². The molecular formula is C15H13NO3S. The molecule has 0 aromatic heterocycles. The molecule has 0 N–H and O–H groups in total. The Bertz CT molecular complexity index is 663. The first-order valence-corrected chi connectivity index (χ1v) is 7.54. The monoisotopic (exact) mass is 287 g/mol. The van der Waals surface area contributed by atoms with Crippen LogP contribution in [0.5, 0.6) is 0 Å². The van der Waals surface area contributed by atoms with Gasteiger partial charge in [-0.25, -0.2) is 0 Å². The quantitative estimate of drug-likeness (QED) is 0.640. The first-order valence-electron chi connectivity index (χ1n) is 5.92. The second-order valence-electron chi connectivity index (χ2n) is 4.20. The second kappa shape index (κ2) is 6.25. The van der Waals surface area contributed by atoms with Crippen LogP contribution >= 0.6 is 0 Å². The Labute approximate surface area is 119 Å². The van der Waals surface area contributed by atoms with E-state index in [9.17, 15) is 14.3 Å². The molecule has 0 bridgehead atoms. The summed E-state index contributed by atoms with van der Waals surface area (Å²) in [5, 5.41) is 12.3. The van der Waals surface area contributed by atoms with Crippen molar-refractivity contribution >= 4 is 22.1 Å². The summed E-state index contributed by atoms with van der Waals surface area (Å²) in [5.74, 6) is 0. The number of nitrogens with zero attached hydrogens (tertiary/aromatic N) is 1. The van der Waals surface area contributed by atoms with Gasteiger partial charge in [0.2, 0.25) is 0 Å². The van der Waals surface area contributed by atoms with Gasteiger partial charge in [-0.2, -0.15) is 0 Å². The SMILES string of the molecule is CS(=O)/C=C(/c1ccccc1)c1ccc([N+](=O)[O-])cc1. The molecule has 0 aliphatic rings. The topological polar surface area (TPSA) is 60.2 Å². The number of nitro benzene ring substituents is 1. The fourth-order valence-corrected chi connectivity index (χ4v) is 2.45. The van der Waals surface area contributed by atoms with Gasteiger partial charge in [-0.15, -0.1) is 0 Å². The van der Waals surface area contributed by atoms with E-state index in [1.807, 2.05) is 30.3 Å². The summed E-state index contributed by atoms with van der Waals surface area (Å²) >= 11 is 0. The summed E-state index contributed by atoms with van der Waals surface area (Å²) in [5.41, 5.74) is 2.58. The Morgan fingerprint density at radius 1 is 1.05 bits per heavy atom. The van der Waals surface area contributed by atoms with Crippen molar-refractivity contribution in [2.24, 2.45) is 0 Å². The van der Waals surface area contributed by atoms with Crippen LogP contribution in [0.2, 0.25) is 0 Å². The van der Waals surface area contributed by atoms with Crippen LogP contribution in [-0.4, -0.2) is 15.4 Å². The van der Waals surface area contributed by atoms with Crippen LogP contribution in [0.25, 0.3) is 5.57 Å². The van der Waals surface area contributed by atoms with Crippen LogP contribution in [0, 0.1) is 10.1 Å². The predicted octanol–water partition coefficient (Wildman–Crippen LogP) is 3.36. The standard InChI is InChI=1S/C15H13NO3S/c1-20(19)11-15(12-5-3-2-4-6-12)13-7-9-14(10-8-13)16(17)18/h2-11H,1H3/b15-11-. The van der Waals surface area contributed by atoms with Crippen molar-refractivity contribution in [2.45, 2.75) is 0 Å². The van der Waals surface area contributed by atoms with Crippen molar-refractivity contribution in [3.8, 4) is 0 Å². The molecule has 0 heterocycles. The molecule has 0 amide bonds. The molecule has 5 heteroatoms. The number of benzene rings is 2. The molecule has 0 spiro atoms. The number of nitro groups is 1. The molecule has 4 nitrogen and oxygen atoms in total. The van der Waals surface area contributed by atoms with Crippen molar-refractivity contribution in [1.29, 1.82) is 0 Å². The van der Waals surface area contributed by atoms with Crippen molar-refractivity contribution in [1.82, 2.24) is 0 Å². The zero-order valence-corrected chi connectivity index (χ0v) is 11.7.